The third-order valence-corrected chi connectivity index (χ3v) is 1.71. The highest BCUT2D eigenvalue weighted by Crippen LogP contribution is 2.21. The Kier molecular flexibility index (Phi) is 5.79. The van der Waals surface area contributed by atoms with E-state index in [1.54, 1.807) is 6.08 Å². The molecule has 0 saturated heterocycles. The Labute approximate surface area is 77.0 Å². The quantitative estimate of drug-likeness (QED) is 0.507. The van der Waals surface area contributed by atoms with Crippen molar-refractivity contribution in [2.45, 2.75) is 38.4 Å². The molecule has 4 heteroatoms. The second-order valence-corrected chi connectivity index (χ2v) is 3.05. The molecule has 0 rings (SSSR count). The molecule has 0 bridgehead atoms. The first-order valence-corrected chi connectivity index (χ1v) is 4.38. The van der Waals surface area contributed by atoms with Gasteiger partial charge in [0.25, 0.3) is 0 Å². The minimum absolute atomic E-state index is 0.172. The van der Waals surface area contributed by atoms with E-state index in [1.165, 1.54) is 0 Å². The maximum atomic E-state index is 11.7. The Morgan fingerprint density at radius 1 is 1.38 bits per heavy atom. The van der Waals surface area contributed by atoms with Crippen molar-refractivity contribution in [1.82, 2.24) is 5.32 Å². The number of halogens is 3. The number of alkyl halides is 3. The predicted octanol–water partition coefficient (Wildman–Crippen LogP) is 2.88. The fraction of sp³-hybridized carbons (Fsp3) is 0.778. The average molecular weight is 195 g/mol. The zero-order valence-corrected chi connectivity index (χ0v) is 7.82. The zero-order chi connectivity index (χ0) is 10.3. The van der Waals surface area contributed by atoms with Crippen LogP contribution in [-0.2, 0) is 0 Å². The fourth-order valence-electron chi connectivity index (χ4n) is 0.864. The van der Waals surface area contributed by atoms with Gasteiger partial charge in [-0.25, -0.2) is 0 Å². The molecule has 0 aliphatic carbocycles. The first kappa shape index (κ1) is 12.5. The van der Waals surface area contributed by atoms with Gasteiger partial charge in [0, 0.05) is 12.5 Å². The molecule has 0 saturated carbocycles. The van der Waals surface area contributed by atoms with Gasteiger partial charge in [-0.05, 0) is 26.3 Å². The summed E-state index contributed by atoms with van der Waals surface area (Å²) in [4.78, 5) is 0. The smallest absolute Gasteiger partial charge is 0.311 e. The van der Waals surface area contributed by atoms with Crippen LogP contribution in [0.4, 0.5) is 13.2 Å². The molecule has 1 unspecified atom stereocenters. The van der Waals surface area contributed by atoms with Crippen molar-refractivity contribution in [2.75, 3.05) is 6.54 Å². The van der Waals surface area contributed by atoms with E-state index >= 15 is 0 Å². The number of hydrogen-bond donors (Lipinski definition) is 1. The van der Waals surface area contributed by atoms with Gasteiger partial charge in [0.2, 0.25) is 0 Å². The number of unbranched alkanes of at least 4 members (excludes halogenated alkanes) is 1. The van der Waals surface area contributed by atoms with Gasteiger partial charge in [0.05, 0.1) is 0 Å². The van der Waals surface area contributed by atoms with Crippen LogP contribution < -0.4 is 5.32 Å². The van der Waals surface area contributed by atoms with E-state index in [9.17, 15) is 13.2 Å². The normalized spacial score (nSPS) is 14.2. The third-order valence-electron chi connectivity index (χ3n) is 1.71. The molecule has 0 aromatic heterocycles. The van der Waals surface area contributed by atoms with E-state index < -0.39 is 12.6 Å². The van der Waals surface area contributed by atoms with E-state index in [2.05, 4.69) is 11.9 Å². The monoisotopic (exact) mass is 195 g/mol. The van der Waals surface area contributed by atoms with Crippen molar-refractivity contribution in [3.8, 4) is 0 Å². The molecule has 0 aromatic rings. The summed E-state index contributed by atoms with van der Waals surface area (Å²) in [5, 5.41) is 3.03. The number of hydrogen-bond acceptors (Lipinski definition) is 1. The molecular weight excluding hydrogens is 179 g/mol. The molecule has 1 N–H and O–H groups in total. The molecule has 0 spiro atoms. The summed E-state index contributed by atoms with van der Waals surface area (Å²) in [5.74, 6) is 0. The first-order chi connectivity index (χ1) is 5.95. The van der Waals surface area contributed by atoms with E-state index in [-0.39, 0.29) is 12.5 Å². The second-order valence-electron chi connectivity index (χ2n) is 3.05. The van der Waals surface area contributed by atoms with Crippen LogP contribution >= 0.6 is 0 Å². The highest BCUT2D eigenvalue weighted by molar-refractivity contribution is 4.80. The van der Waals surface area contributed by atoms with Gasteiger partial charge in [-0.3, -0.25) is 0 Å². The minimum atomic E-state index is -4.01. The van der Waals surface area contributed by atoms with Gasteiger partial charge in [0.15, 0.2) is 0 Å². The lowest BCUT2D eigenvalue weighted by molar-refractivity contribution is -0.135. The van der Waals surface area contributed by atoms with E-state index in [0.717, 1.165) is 0 Å². The van der Waals surface area contributed by atoms with Crippen LogP contribution in [0.2, 0.25) is 0 Å². The zero-order valence-electron chi connectivity index (χ0n) is 7.82. The SMILES string of the molecule is C=CC(C)NCCCCC(F)(F)F. The standard InChI is InChI=1S/C9H16F3N/c1-3-8(2)13-7-5-4-6-9(10,11)12/h3,8,13H,1,4-7H2,2H3. The van der Waals surface area contributed by atoms with Crippen LogP contribution in [0.5, 0.6) is 0 Å². The molecule has 13 heavy (non-hydrogen) atoms. The van der Waals surface area contributed by atoms with Gasteiger partial charge in [-0.2, -0.15) is 13.2 Å². The maximum Gasteiger partial charge on any atom is 0.389 e. The topological polar surface area (TPSA) is 12.0 Å². The molecule has 1 atom stereocenters. The summed E-state index contributed by atoms with van der Waals surface area (Å²) in [5.41, 5.74) is 0. The highest BCUT2D eigenvalue weighted by atomic mass is 19.4. The van der Waals surface area contributed by atoms with Crippen LogP contribution in [0.25, 0.3) is 0 Å². The molecule has 0 aliphatic rings. The molecule has 0 aliphatic heterocycles. The lowest BCUT2D eigenvalue weighted by atomic mass is 10.2. The summed E-state index contributed by atoms with van der Waals surface area (Å²) in [7, 11) is 0. The van der Waals surface area contributed by atoms with Crippen LogP contribution in [0.3, 0.4) is 0 Å². The minimum Gasteiger partial charge on any atom is -0.311 e. The Morgan fingerprint density at radius 2 is 2.00 bits per heavy atom. The Bertz CT molecular complexity index is 142. The largest absolute Gasteiger partial charge is 0.389 e. The van der Waals surface area contributed by atoms with E-state index in [0.29, 0.717) is 13.0 Å². The summed E-state index contributed by atoms with van der Waals surface area (Å²) >= 11 is 0. The van der Waals surface area contributed by atoms with Crippen LogP contribution in [0, 0.1) is 0 Å². The van der Waals surface area contributed by atoms with Gasteiger partial charge in [0.1, 0.15) is 0 Å². The Hall–Kier alpha value is -0.510. The molecule has 78 valence electrons. The van der Waals surface area contributed by atoms with Crippen molar-refractivity contribution >= 4 is 0 Å². The number of rotatable bonds is 6. The van der Waals surface area contributed by atoms with Gasteiger partial charge in [-0.15, -0.1) is 6.58 Å². The average Bonchev–Trinajstić information content (AvgIpc) is 2.01. The van der Waals surface area contributed by atoms with Crippen molar-refractivity contribution in [1.29, 1.82) is 0 Å². The van der Waals surface area contributed by atoms with Crippen molar-refractivity contribution in [2.24, 2.45) is 0 Å². The first-order valence-electron chi connectivity index (χ1n) is 4.38. The van der Waals surface area contributed by atoms with Gasteiger partial charge < -0.3 is 5.32 Å². The summed E-state index contributed by atoms with van der Waals surface area (Å²) in [6.45, 7) is 6.08. The third kappa shape index (κ3) is 9.40. The van der Waals surface area contributed by atoms with Crippen molar-refractivity contribution in [3.05, 3.63) is 12.7 Å². The summed E-state index contributed by atoms with van der Waals surface area (Å²) < 4.78 is 35.0. The molecule has 0 amide bonds. The molecule has 0 radical (unpaired) electrons. The van der Waals surface area contributed by atoms with Crippen LogP contribution in [-0.4, -0.2) is 18.8 Å². The summed E-state index contributed by atoms with van der Waals surface area (Å²) in [6.07, 6.45) is -2.22. The van der Waals surface area contributed by atoms with E-state index in [1.807, 2.05) is 6.92 Å². The Balaban J connectivity index is 3.22. The van der Waals surface area contributed by atoms with Gasteiger partial charge in [-0.1, -0.05) is 6.08 Å². The second kappa shape index (κ2) is 6.02. The highest BCUT2D eigenvalue weighted by Gasteiger charge is 2.25. The van der Waals surface area contributed by atoms with Gasteiger partial charge >= 0.3 is 6.18 Å². The Morgan fingerprint density at radius 3 is 2.46 bits per heavy atom. The van der Waals surface area contributed by atoms with Crippen molar-refractivity contribution in [3.63, 3.8) is 0 Å². The molecule has 0 fully saturated rings. The predicted molar refractivity (Wildman–Crippen MR) is 47.6 cm³/mol. The van der Waals surface area contributed by atoms with E-state index in [4.69, 9.17) is 0 Å². The molecule has 0 aromatic carbocycles. The van der Waals surface area contributed by atoms with Crippen LogP contribution in [0.15, 0.2) is 12.7 Å². The lowest BCUT2D eigenvalue weighted by Gasteiger charge is -2.09. The molecule has 1 nitrogen and oxygen atoms in total. The van der Waals surface area contributed by atoms with Crippen molar-refractivity contribution < 1.29 is 13.2 Å². The maximum absolute atomic E-state index is 11.7. The molecule has 0 heterocycles. The van der Waals surface area contributed by atoms with Crippen LogP contribution in [0.1, 0.15) is 26.2 Å². The number of nitrogens with one attached hydrogen (secondary N) is 1. The lowest BCUT2D eigenvalue weighted by Crippen LogP contribution is -2.24. The summed E-state index contributed by atoms with van der Waals surface area (Å²) in [6, 6.07) is 0.172. The fourth-order valence-corrected chi connectivity index (χ4v) is 0.864. The molecular formula is C9H16F3N.